The van der Waals surface area contributed by atoms with Crippen LogP contribution in [0.1, 0.15) is 25.8 Å². The number of alkyl halides is 3. The minimum absolute atomic E-state index is 0.0402. The van der Waals surface area contributed by atoms with Gasteiger partial charge in [0, 0.05) is 69.8 Å². The van der Waals surface area contributed by atoms with E-state index in [0.29, 0.717) is 26.1 Å². The average molecular weight is 462 g/mol. The molecule has 3 amide bonds. The number of aliphatic carboxylic acids is 1. The van der Waals surface area contributed by atoms with Crippen molar-refractivity contribution in [2.75, 3.05) is 39.8 Å². The van der Waals surface area contributed by atoms with Crippen molar-refractivity contribution in [1.82, 2.24) is 20.0 Å². The summed E-state index contributed by atoms with van der Waals surface area (Å²) in [6, 6.07) is 2.02. The second kappa shape index (κ2) is 10.2. The summed E-state index contributed by atoms with van der Waals surface area (Å²) in [5.41, 5.74) is 0.910. The number of halogens is 3. The van der Waals surface area contributed by atoms with Crippen LogP contribution in [0.5, 0.6) is 0 Å². The highest BCUT2D eigenvalue weighted by molar-refractivity contribution is 5.80. The molecule has 2 aliphatic rings. The Kier molecular flexibility index (Phi) is 8.16. The van der Waals surface area contributed by atoms with Crippen LogP contribution in [0, 0.1) is 5.41 Å². The molecule has 1 unspecified atom stereocenters. The number of hydrogen-bond acceptors (Lipinski definition) is 5. The van der Waals surface area contributed by atoms with E-state index < -0.39 is 12.1 Å². The highest BCUT2D eigenvalue weighted by atomic mass is 19.4. The van der Waals surface area contributed by atoms with Crippen LogP contribution in [-0.4, -0.2) is 89.7 Å². The second-order valence-corrected chi connectivity index (χ2v) is 8.60. The van der Waals surface area contributed by atoms with Crippen molar-refractivity contribution < 1.29 is 37.1 Å². The van der Waals surface area contributed by atoms with Gasteiger partial charge in [-0.25, -0.2) is 9.59 Å². The molecule has 0 radical (unpaired) electrons. The van der Waals surface area contributed by atoms with Gasteiger partial charge in [-0.15, -0.1) is 0 Å². The van der Waals surface area contributed by atoms with E-state index in [1.165, 1.54) is 0 Å². The lowest BCUT2D eigenvalue weighted by Crippen LogP contribution is -2.48. The molecule has 12 heteroatoms. The third-order valence-electron chi connectivity index (χ3n) is 5.22. The molecule has 1 atom stereocenters. The van der Waals surface area contributed by atoms with Gasteiger partial charge in [0.05, 0.1) is 12.5 Å². The van der Waals surface area contributed by atoms with Crippen molar-refractivity contribution in [1.29, 1.82) is 0 Å². The van der Waals surface area contributed by atoms with Gasteiger partial charge in [-0.2, -0.15) is 13.2 Å². The highest BCUT2D eigenvalue weighted by Gasteiger charge is 2.46. The number of furan rings is 1. The maximum Gasteiger partial charge on any atom is 0.490 e. The standard InChI is InChI=1S/C18H28N4O3.C2HF3O2/c1-14(2)19-17(24)22-6-5-21(9-15-4-7-25-10-15)12-18(13-22)8-16(23)20(3)11-18;3-2(4,5)1(6)7/h4,7,10,14H,5-6,8-9,11-13H2,1-3H3,(H,19,24);(H,6,7). The SMILES string of the molecule is CC(C)NC(=O)N1CCN(Cc2ccoc2)CC2(CC(=O)N(C)C2)C1.O=C(O)C(F)(F)F. The van der Waals surface area contributed by atoms with E-state index in [1.54, 1.807) is 17.4 Å². The Labute approximate surface area is 184 Å². The molecule has 2 saturated heterocycles. The fraction of sp³-hybridized carbons (Fsp3) is 0.650. The summed E-state index contributed by atoms with van der Waals surface area (Å²) < 4.78 is 36.9. The first-order valence-corrected chi connectivity index (χ1v) is 10.1. The van der Waals surface area contributed by atoms with E-state index in [0.717, 1.165) is 25.2 Å². The molecule has 1 aromatic rings. The summed E-state index contributed by atoms with van der Waals surface area (Å²) >= 11 is 0. The lowest BCUT2D eigenvalue weighted by Gasteiger charge is -2.33. The predicted octanol–water partition coefficient (Wildman–Crippen LogP) is 2.00. The number of nitrogens with zero attached hydrogens (tertiary/aromatic N) is 3. The quantitative estimate of drug-likeness (QED) is 0.712. The Morgan fingerprint density at radius 3 is 2.38 bits per heavy atom. The molecule has 0 bridgehead atoms. The number of carbonyl (C=O) groups excluding carboxylic acids is 2. The number of likely N-dealkylation sites (tertiary alicyclic amines) is 1. The van der Waals surface area contributed by atoms with Gasteiger partial charge in [0.2, 0.25) is 5.91 Å². The zero-order chi connectivity index (χ0) is 24.1. The van der Waals surface area contributed by atoms with Gasteiger partial charge in [0.1, 0.15) is 0 Å². The summed E-state index contributed by atoms with van der Waals surface area (Å²) in [5.74, 6) is -2.60. The lowest BCUT2D eigenvalue weighted by molar-refractivity contribution is -0.192. The van der Waals surface area contributed by atoms with Gasteiger partial charge in [-0.1, -0.05) is 0 Å². The number of nitrogens with one attached hydrogen (secondary N) is 1. The van der Waals surface area contributed by atoms with Crippen LogP contribution in [0.25, 0.3) is 0 Å². The van der Waals surface area contributed by atoms with Crippen LogP contribution < -0.4 is 5.32 Å². The minimum Gasteiger partial charge on any atom is -0.475 e. The smallest absolute Gasteiger partial charge is 0.475 e. The summed E-state index contributed by atoms with van der Waals surface area (Å²) in [6.07, 6.45) is -1.15. The Balaban J connectivity index is 0.000000451. The number of rotatable bonds is 3. The van der Waals surface area contributed by atoms with E-state index in [9.17, 15) is 22.8 Å². The third-order valence-corrected chi connectivity index (χ3v) is 5.22. The van der Waals surface area contributed by atoms with Gasteiger partial charge < -0.3 is 24.6 Å². The highest BCUT2D eigenvalue weighted by Crippen LogP contribution is 2.34. The molecule has 3 heterocycles. The fourth-order valence-electron chi connectivity index (χ4n) is 3.95. The van der Waals surface area contributed by atoms with Gasteiger partial charge in [-0.3, -0.25) is 9.69 Å². The molecular weight excluding hydrogens is 433 g/mol. The number of carbonyl (C=O) groups is 3. The number of amides is 3. The molecular formula is C20H29F3N4O5. The number of urea groups is 1. The molecule has 0 aliphatic carbocycles. The molecule has 3 rings (SSSR count). The summed E-state index contributed by atoms with van der Waals surface area (Å²) in [5, 5.41) is 10.1. The molecule has 180 valence electrons. The van der Waals surface area contributed by atoms with Gasteiger partial charge >= 0.3 is 18.2 Å². The number of hydrogen-bond donors (Lipinski definition) is 2. The molecule has 0 saturated carbocycles. The van der Waals surface area contributed by atoms with Crippen molar-refractivity contribution >= 4 is 17.9 Å². The first-order valence-electron chi connectivity index (χ1n) is 10.1. The first-order chi connectivity index (χ1) is 14.8. The molecule has 2 N–H and O–H groups in total. The second-order valence-electron chi connectivity index (χ2n) is 8.60. The van der Waals surface area contributed by atoms with Crippen LogP contribution in [0.2, 0.25) is 0 Å². The van der Waals surface area contributed by atoms with Crippen LogP contribution >= 0.6 is 0 Å². The Morgan fingerprint density at radius 2 is 1.91 bits per heavy atom. The number of carboxylic acids is 1. The first kappa shape index (κ1) is 25.5. The predicted molar refractivity (Wildman–Crippen MR) is 108 cm³/mol. The summed E-state index contributed by atoms with van der Waals surface area (Å²) in [7, 11) is 1.85. The van der Waals surface area contributed by atoms with Crippen molar-refractivity contribution in [2.24, 2.45) is 5.41 Å². The maximum absolute atomic E-state index is 12.6. The Hall–Kier alpha value is -2.76. The molecule has 32 heavy (non-hydrogen) atoms. The zero-order valence-corrected chi connectivity index (χ0v) is 18.3. The monoisotopic (exact) mass is 462 g/mol. The van der Waals surface area contributed by atoms with Crippen LogP contribution in [0.3, 0.4) is 0 Å². The van der Waals surface area contributed by atoms with E-state index in [4.69, 9.17) is 14.3 Å². The van der Waals surface area contributed by atoms with Crippen LogP contribution in [-0.2, 0) is 16.1 Å². The molecule has 2 aliphatic heterocycles. The molecule has 0 aromatic carbocycles. The molecule has 2 fully saturated rings. The van der Waals surface area contributed by atoms with Crippen molar-refractivity contribution in [3.63, 3.8) is 0 Å². The van der Waals surface area contributed by atoms with E-state index in [2.05, 4.69) is 10.2 Å². The fourth-order valence-corrected chi connectivity index (χ4v) is 3.95. The third kappa shape index (κ3) is 7.14. The maximum atomic E-state index is 12.6. The molecule has 9 nitrogen and oxygen atoms in total. The van der Waals surface area contributed by atoms with Crippen LogP contribution in [0.15, 0.2) is 23.0 Å². The minimum atomic E-state index is -5.08. The van der Waals surface area contributed by atoms with Crippen molar-refractivity contribution in [2.45, 2.75) is 39.0 Å². The zero-order valence-electron chi connectivity index (χ0n) is 18.3. The average Bonchev–Trinajstić information content (AvgIpc) is 3.20. The van der Waals surface area contributed by atoms with Gasteiger partial charge in [-0.05, 0) is 19.9 Å². The normalized spacial score (nSPS) is 22.0. The summed E-state index contributed by atoms with van der Waals surface area (Å²) in [6.45, 7) is 8.26. The van der Waals surface area contributed by atoms with Gasteiger partial charge in [0.15, 0.2) is 0 Å². The summed E-state index contributed by atoms with van der Waals surface area (Å²) in [4.78, 5) is 39.7. The van der Waals surface area contributed by atoms with E-state index in [1.807, 2.05) is 31.9 Å². The lowest BCUT2D eigenvalue weighted by atomic mass is 9.86. The van der Waals surface area contributed by atoms with Crippen molar-refractivity contribution in [3.8, 4) is 0 Å². The topological polar surface area (TPSA) is 106 Å². The van der Waals surface area contributed by atoms with Crippen molar-refractivity contribution in [3.05, 3.63) is 24.2 Å². The molecule has 1 spiro atoms. The molecule has 1 aromatic heterocycles. The van der Waals surface area contributed by atoms with Gasteiger partial charge in [0.25, 0.3) is 0 Å². The Morgan fingerprint density at radius 1 is 1.25 bits per heavy atom. The van der Waals surface area contributed by atoms with E-state index in [-0.39, 0.29) is 23.4 Å². The largest absolute Gasteiger partial charge is 0.490 e. The number of carboxylic acid groups (broad SMARTS) is 1. The van der Waals surface area contributed by atoms with E-state index >= 15 is 0 Å². The van der Waals surface area contributed by atoms with Crippen LogP contribution in [0.4, 0.5) is 18.0 Å². The Bertz CT molecular complexity index is 800.